The summed E-state index contributed by atoms with van der Waals surface area (Å²) in [4.78, 5) is 18.8. The van der Waals surface area contributed by atoms with Gasteiger partial charge in [-0.25, -0.2) is 19.0 Å². The summed E-state index contributed by atoms with van der Waals surface area (Å²) in [5, 5.41) is 11.3. The molecule has 11 heteroatoms. The number of hydrogen-bond donors (Lipinski definition) is 2. The minimum absolute atomic E-state index is 0.167. The first-order valence-corrected chi connectivity index (χ1v) is 7.73. The lowest BCUT2D eigenvalue weighted by molar-refractivity contribution is -0.114. The van der Waals surface area contributed by atoms with Crippen molar-refractivity contribution in [3.63, 3.8) is 0 Å². The Morgan fingerprint density at radius 1 is 1.00 bits per heavy atom. The molecule has 0 unspecified atom stereocenters. The van der Waals surface area contributed by atoms with Crippen LogP contribution in [0.25, 0.3) is 11.3 Å². The molecular formula is C14H12Cl2N8O. The Balaban J connectivity index is 0.000000150. The fourth-order valence-electron chi connectivity index (χ4n) is 1.98. The number of aromatic nitrogens is 6. The number of carbonyl (C=O) groups excluding carboxylic acids is 1. The van der Waals surface area contributed by atoms with Gasteiger partial charge in [-0.2, -0.15) is 10.2 Å². The van der Waals surface area contributed by atoms with Crippen LogP contribution in [0.1, 0.15) is 6.92 Å². The number of anilines is 2. The molecule has 0 aromatic carbocycles. The Hall–Kier alpha value is -2.91. The molecule has 0 fully saturated rings. The molecule has 4 rings (SSSR count). The smallest absolute Gasteiger partial charge is 0.222 e. The Bertz CT molecular complexity index is 1060. The van der Waals surface area contributed by atoms with Gasteiger partial charge in [-0.1, -0.05) is 23.2 Å². The van der Waals surface area contributed by atoms with Crippen molar-refractivity contribution < 1.29 is 4.79 Å². The van der Waals surface area contributed by atoms with E-state index in [2.05, 4.69) is 25.5 Å². The third-order valence-electron chi connectivity index (χ3n) is 2.90. The number of nitrogens with one attached hydrogen (secondary N) is 1. The van der Waals surface area contributed by atoms with Crippen LogP contribution in [0.15, 0.2) is 36.7 Å². The topological polar surface area (TPSA) is 116 Å². The number of carbonyl (C=O) groups is 1. The van der Waals surface area contributed by atoms with Crippen LogP contribution in [0.5, 0.6) is 0 Å². The molecule has 3 N–H and O–H groups in total. The SMILES string of the molecule is CC(=O)Nc1cn2nc(Cl)ccc2n1.Nc1cn2nc(Cl)ccc2n1. The van der Waals surface area contributed by atoms with E-state index in [9.17, 15) is 4.79 Å². The Labute approximate surface area is 151 Å². The van der Waals surface area contributed by atoms with Crippen LogP contribution < -0.4 is 11.1 Å². The van der Waals surface area contributed by atoms with Gasteiger partial charge >= 0.3 is 0 Å². The van der Waals surface area contributed by atoms with Crippen LogP contribution in [-0.4, -0.2) is 35.1 Å². The summed E-state index contributed by atoms with van der Waals surface area (Å²) in [7, 11) is 0. The quantitative estimate of drug-likeness (QED) is 0.524. The second-order valence-electron chi connectivity index (χ2n) is 4.89. The third-order valence-corrected chi connectivity index (χ3v) is 3.30. The predicted octanol–water partition coefficient (Wildman–Crippen LogP) is 2.31. The van der Waals surface area contributed by atoms with Crippen molar-refractivity contribution in [2.75, 3.05) is 11.1 Å². The van der Waals surface area contributed by atoms with Gasteiger partial charge in [-0.3, -0.25) is 4.79 Å². The van der Waals surface area contributed by atoms with E-state index in [0.29, 0.717) is 33.2 Å². The minimum atomic E-state index is -0.167. The van der Waals surface area contributed by atoms with E-state index in [1.54, 1.807) is 36.7 Å². The molecule has 4 aromatic rings. The van der Waals surface area contributed by atoms with Gasteiger partial charge in [0, 0.05) is 6.92 Å². The summed E-state index contributed by atoms with van der Waals surface area (Å²) in [6, 6.07) is 6.79. The average Bonchev–Trinajstić information content (AvgIpc) is 3.07. The van der Waals surface area contributed by atoms with Gasteiger partial charge in [0.05, 0.1) is 12.4 Å². The number of rotatable bonds is 1. The Morgan fingerprint density at radius 3 is 2.16 bits per heavy atom. The van der Waals surface area contributed by atoms with E-state index >= 15 is 0 Å². The molecule has 0 aliphatic carbocycles. The molecule has 0 bridgehead atoms. The van der Waals surface area contributed by atoms with E-state index in [-0.39, 0.29) is 5.91 Å². The van der Waals surface area contributed by atoms with Gasteiger partial charge in [0.25, 0.3) is 0 Å². The van der Waals surface area contributed by atoms with Crippen LogP contribution in [0.4, 0.5) is 11.6 Å². The number of imidazole rings is 2. The van der Waals surface area contributed by atoms with Crippen molar-refractivity contribution in [1.82, 2.24) is 29.2 Å². The number of nitrogen functional groups attached to an aromatic ring is 1. The molecule has 0 atom stereocenters. The van der Waals surface area contributed by atoms with Gasteiger partial charge in [-0.15, -0.1) is 0 Å². The average molecular weight is 379 g/mol. The molecular weight excluding hydrogens is 367 g/mol. The van der Waals surface area contributed by atoms with Gasteiger partial charge in [0.2, 0.25) is 5.91 Å². The molecule has 0 radical (unpaired) electrons. The van der Waals surface area contributed by atoms with Gasteiger partial charge in [-0.05, 0) is 24.3 Å². The molecule has 25 heavy (non-hydrogen) atoms. The molecule has 9 nitrogen and oxygen atoms in total. The van der Waals surface area contributed by atoms with Gasteiger partial charge in [0.1, 0.15) is 16.1 Å². The summed E-state index contributed by atoms with van der Waals surface area (Å²) in [5.41, 5.74) is 6.76. The van der Waals surface area contributed by atoms with Crippen molar-refractivity contribution in [3.05, 3.63) is 47.0 Å². The normalized spacial score (nSPS) is 10.5. The van der Waals surface area contributed by atoms with Gasteiger partial charge in [0.15, 0.2) is 17.1 Å². The van der Waals surface area contributed by atoms with Crippen molar-refractivity contribution in [2.45, 2.75) is 6.92 Å². The third kappa shape index (κ3) is 4.14. The highest BCUT2D eigenvalue weighted by atomic mass is 35.5. The first kappa shape index (κ1) is 16.9. The molecule has 4 heterocycles. The molecule has 4 aromatic heterocycles. The fourth-order valence-corrected chi connectivity index (χ4v) is 2.27. The number of nitrogens with two attached hydrogens (primary N) is 1. The maximum Gasteiger partial charge on any atom is 0.222 e. The van der Waals surface area contributed by atoms with Crippen molar-refractivity contribution in [2.24, 2.45) is 0 Å². The largest absolute Gasteiger partial charge is 0.382 e. The maximum absolute atomic E-state index is 10.8. The highest BCUT2D eigenvalue weighted by Gasteiger charge is 2.03. The lowest BCUT2D eigenvalue weighted by Gasteiger charge is -1.91. The highest BCUT2D eigenvalue weighted by molar-refractivity contribution is 6.29. The first-order valence-electron chi connectivity index (χ1n) is 6.97. The number of hydrogen-bond acceptors (Lipinski definition) is 6. The maximum atomic E-state index is 10.8. The zero-order valence-corrected chi connectivity index (χ0v) is 14.4. The van der Waals surface area contributed by atoms with Crippen LogP contribution >= 0.6 is 23.2 Å². The lowest BCUT2D eigenvalue weighted by Crippen LogP contribution is -2.05. The van der Waals surface area contributed by atoms with E-state index in [0.717, 1.165) is 0 Å². The Morgan fingerprint density at radius 2 is 1.56 bits per heavy atom. The number of fused-ring (bicyclic) bond motifs is 2. The second kappa shape index (κ2) is 6.91. The summed E-state index contributed by atoms with van der Waals surface area (Å²) in [6.07, 6.45) is 3.21. The van der Waals surface area contributed by atoms with Crippen molar-refractivity contribution in [1.29, 1.82) is 0 Å². The van der Waals surface area contributed by atoms with E-state index in [1.165, 1.54) is 16.0 Å². The lowest BCUT2D eigenvalue weighted by atomic mass is 10.6. The summed E-state index contributed by atoms with van der Waals surface area (Å²) < 4.78 is 3.05. The molecule has 0 saturated heterocycles. The van der Waals surface area contributed by atoms with Crippen LogP contribution in [0, 0.1) is 0 Å². The number of nitrogens with zero attached hydrogens (tertiary/aromatic N) is 6. The second-order valence-corrected chi connectivity index (χ2v) is 5.67. The monoisotopic (exact) mass is 378 g/mol. The Kier molecular flexibility index (Phi) is 4.68. The zero-order chi connectivity index (χ0) is 18.0. The van der Waals surface area contributed by atoms with Gasteiger partial charge < -0.3 is 11.1 Å². The predicted molar refractivity (Wildman–Crippen MR) is 94.7 cm³/mol. The summed E-state index contributed by atoms with van der Waals surface area (Å²) >= 11 is 11.3. The molecule has 0 saturated carbocycles. The first-order chi connectivity index (χ1) is 11.9. The van der Waals surface area contributed by atoms with E-state index in [1.807, 2.05) is 0 Å². The van der Waals surface area contributed by atoms with Crippen molar-refractivity contribution >= 4 is 52.0 Å². The standard InChI is InChI=1S/C8H7ClN4O.C6H5ClN4/c1-5(14)10-7-4-13-8(11-7)3-2-6(9)12-13;7-4-1-2-6-9-5(8)3-11(6)10-4/h2-4H,1H3,(H,10,14);1-3H,8H2. The minimum Gasteiger partial charge on any atom is -0.382 e. The zero-order valence-electron chi connectivity index (χ0n) is 12.9. The van der Waals surface area contributed by atoms with Crippen LogP contribution in [0.2, 0.25) is 10.3 Å². The highest BCUT2D eigenvalue weighted by Crippen LogP contribution is 2.11. The molecule has 0 spiro atoms. The molecule has 0 aliphatic heterocycles. The van der Waals surface area contributed by atoms with Crippen LogP contribution in [0.3, 0.4) is 0 Å². The fraction of sp³-hybridized carbons (Fsp3) is 0.0714. The number of halogens is 2. The van der Waals surface area contributed by atoms with Crippen molar-refractivity contribution in [3.8, 4) is 0 Å². The summed E-state index contributed by atoms with van der Waals surface area (Å²) in [6.45, 7) is 1.42. The molecule has 0 aliphatic rings. The van der Waals surface area contributed by atoms with E-state index < -0.39 is 0 Å². The number of amides is 1. The molecule has 1 amide bonds. The van der Waals surface area contributed by atoms with E-state index in [4.69, 9.17) is 28.9 Å². The van der Waals surface area contributed by atoms with Crippen LogP contribution in [-0.2, 0) is 4.79 Å². The summed E-state index contributed by atoms with van der Waals surface area (Å²) in [5.74, 6) is 0.742. The molecule has 128 valence electrons.